The molecule has 2 heterocycles. The Morgan fingerprint density at radius 2 is 1.95 bits per heavy atom. The van der Waals surface area contributed by atoms with Crippen LogP contribution in [0.3, 0.4) is 0 Å². The van der Waals surface area contributed by atoms with E-state index in [1.807, 2.05) is 0 Å². The van der Waals surface area contributed by atoms with E-state index in [4.69, 9.17) is 0 Å². The molecule has 3 atom stereocenters. The molecule has 2 aliphatic heterocycles. The molecule has 0 bridgehead atoms. The number of nitrogens with zero attached hydrogens (tertiary/aromatic N) is 2. The smallest absolute Gasteiger partial charge is 0.241 e. The molecule has 0 aromatic heterocycles. The minimum Gasteiger partial charge on any atom is -0.324 e. The van der Waals surface area contributed by atoms with Crippen molar-refractivity contribution in [2.75, 3.05) is 19.6 Å². The molecule has 4 nitrogen and oxygen atoms in total. The molecule has 2 saturated heterocycles. The number of carbonyl (C=O) groups excluding carboxylic acids is 1. The maximum absolute atomic E-state index is 12.7. The van der Waals surface area contributed by atoms with Gasteiger partial charge in [0.05, 0.1) is 12.2 Å². The quantitative estimate of drug-likeness (QED) is 0.836. The highest BCUT2D eigenvalue weighted by molar-refractivity contribution is 5.84. The summed E-state index contributed by atoms with van der Waals surface area (Å²) in [5.41, 5.74) is 0. The third-order valence-corrected chi connectivity index (χ3v) is 4.85. The molecule has 4 heteroatoms. The number of carbonyl (C=O) groups is 1. The van der Waals surface area contributed by atoms with Gasteiger partial charge in [0.2, 0.25) is 5.91 Å². The molecule has 0 aromatic rings. The fourth-order valence-corrected chi connectivity index (χ4v) is 3.64. The summed E-state index contributed by atoms with van der Waals surface area (Å²) in [6.45, 7) is 14.1. The lowest BCUT2D eigenvalue weighted by atomic mass is 10.0. The van der Waals surface area contributed by atoms with Gasteiger partial charge in [-0.2, -0.15) is 0 Å². The SMILES string of the molecule is CCN1CCCC1CN1C(=O)C(C(C)C)NC1C(C)C. The molecule has 2 rings (SSSR count). The van der Waals surface area contributed by atoms with E-state index in [-0.39, 0.29) is 12.2 Å². The van der Waals surface area contributed by atoms with E-state index in [1.54, 1.807) is 0 Å². The van der Waals surface area contributed by atoms with Gasteiger partial charge in [0.15, 0.2) is 0 Å². The van der Waals surface area contributed by atoms with Gasteiger partial charge in [-0.15, -0.1) is 0 Å². The summed E-state index contributed by atoms with van der Waals surface area (Å²) in [6.07, 6.45) is 2.71. The molecule has 20 heavy (non-hydrogen) atoms. The minimum atomic E-state index is -0.00104. The van der Waals surface area contributed by atoms with Crippen LogP contribution in [0.2, 0.25) is 0 Å². The largest absolute Gasteiger partial charge is 0.324 e. The van der Waals surface area contributed by atoms with Crippen LogP contribution in [0.1, 0.15) is 47.5 Å². The number of hydrogen-bond acceptors (Lipinski definition) is 3. The van der Waals surface area contributed by atoms with Crippen molar-refractivity contribution in [3.63, 3.8) is 0 Å². The molecule has 1 N–H and O–H groups in total. The third kappa shape index (κ3) is 3.01. The normalized spacial score (nSPS) is 32.0. The van der Waals surface area contributed by atoms with E-state index in [0.29, 0.717) is 23.8 Å². The molecule has 1 amide bonds. The van der Waals surface area contributed by atoms with Gasteiger partial charge in [-0.3, -0.25) is 15.0 Å². The van der Waals surface area contributed by atoms with Crippen molar-refractivity contribution in [3.8, 4) is 0 Å². The molecule has 2 aliphatic rings. The number of nitrogens with one attached hydrogen (secondary N) is 1. The van der Waals surface area contributed by atoms with Gasteiger partial charge in [-0.05, 0) is 37.8 Å². The summed E-state index contributed by atoms with van der Waals surface area (Å²) in [5, 5.41) is 3.55. The fourth-order valence-electron chi connectivity index (χ4n) is 3.64. The Balaban J connectivity index is 2.08. The first-order valence-corrected chi connectivity index (χ1v) is 8.26. The van der Waals surface area contributed by atoms with E-state index in [1.165, 1.54) is 19.4 Å². The minimum absolute atomic E-state index is 0.00104. The topological polar surface area (TPSA) is 35.6 Å². The van der Waals surface area contributed by atoms with Crippen LogP contribution in [0.5, 0.6) is 0 Å². The first-order chi connectivity index (χ1) is 9.45. The van der Waals surface area contributed by atoms with E-state index in [9.17, 15) is 4.79 Å². The van der Waals surface area contributed by atoms with E-state index < -0.39 is 0 Å². The van der Waals surface area contributed by atoms with Crippen LogP contribution in [-0.4, -0.2) is 53.6 Å². The Morgan fingerprint density at radius 3 is 2.50 bits per heavy atom. The van der Waals surface area contributed by atoms with Gasteiger partial charge in [-0.1, -0.05) is 34.6 Å². The Hall–Kier alpha value is -0.610. The first-order valence-electron chi connectivity index (χ1n) is 8.26. The number of likely N-dealkylation sites (tertiary alicyclic amines) is 1. The second-order valence-electron chi connectivity index (χ2n) is 6.99. The molecule has 0 aliphatic carbocycles. The summed E-state index contributed by atoms with van der Waals surface area (Å²) in [6, 6.07) is 0.553. The predicted molar refractivity (Wildman–Crippen MR) is 82.4 cm³/mol. The third-order valence-electron chi connectivity index (χ3n) is 4.85. The molecule has 116 valence electrons. The fraction of sp³-hybridized carbons (Fsp3) is 0.938. The molecular formula is C16H31N3O. The highest BCUT2D eigenvalue weighted by atomic mass is 16.2. The van der Waals surface area contributed by atoms with Gasteiger partial charge in [0.1, 0.15) is 0 Å². The maximum atomic E-state index is 12.7. The maximum Gasteiger partial charge on any atom is 0.241 e. The van der Waals surface area contributed by atoms with Gasteiger partial charge in [-0.25, -0.2) is 0 Å². The molecule has 0 saturated carbocycles. The summed E-state index contributed by atoms with van der Waals surface area (Å²) >= 11 is 0. The predicted octanol–water partition coefficient (Wildman–Crippen LogP) is 1.91. The Bertz CT molecular complexity index is 343. The number of rotatable bonds is 5. The highest BCUT2D eigenvalue weighted by Crippen LogP contribution is 2.25. The average molecular weight is 281 g/mol. The van der Waals surface area contributed by atoms with Crippen molar-refractivity contribution in [1.29, 1.82) is 0 Å². The molecular weight excluding hydrogens is 250 g/mol. The van der Waals surface area contributed by atoms with Crippen LogP contribution in [0.15, 0.2) is 0 Å². The second-order valence-corrected chi connectivity index (χ2v) is 6.99. The lowest BCUT2D eigenvalue weighted by molar-refractivity contribution is -0.131. The van der Waals surface area contributed by atoms with E-state index >= 15 is 0 Å². The zero-order chi connectivity index (χ0) is 14.9. The summed E-state index contributed by atoms with van der Waals surface area (Å²) in [7, 11) is 0. The van der Waals surface area contributed by atoms with Crippen LogP contribution in [0, 0.1) is 11.8 Å². The standard InChI is InChI=1S/C16H31N3O/c1-6-18-9-7-8-13(18)10-19-15(12(4)5)17-14(11(2)3)16(19)20/h11-15,17H,6-10H2,1-5H3. The van der Waals surface area contributed by atoms with Crippen molar-refractivity contribution in [2.45, 2.75) is 65.7 Å². The van der Waals surface area contributed by atoms with Crippen LogP contribution in [0.25, 0.3) is 0 Å². The van der Waals surface area contributed by atoms with Gasteiger partial charge in [0, 0.05) is 12.6 Å². The Kier molecular flexibility index (Phi) is 5.08. The zero-order valence-corrected chi connectivity index (χ0v) is 13.7. The monoisotopic (exact) mass is 281 g/mol. The molecule has 0 aromatic carbocycles. The van der Waals surface area contributed by atoms with Crippen LogP contribution in [-0.2, 0) is 4.79 Å². The second kappa shape index (κ2) is 6.44. The van der Waals surface area contributed by atoms with Crippen molar-refractivity contribution < 1.29 is 4.79 Å². The van der Waals surface area contributed by atoms with Crippen LogP contribution >= 0.6 is 0 Å². The summed E-state index contributed by atoms with van der Waals surface area (Å²) < 4.78 is 0. The summed E-state index contributed by atoms with van der Waals surface area (Å²) in [5.74, 6) is 1.13. The average Bonchev–Trinajstić information content (AvgIpc) is 2.95. The lowest BCUT2D eigenvalue weighted by Gasteiger charge is -2.32. The molecule has 0 spiro atoms. The van der Waals surface area contributed by atoms with Gasteiger partial charge < -0.3 is 4.90 Å². The van der Waals surface area contributed by atoms with Crippen molar-refractivity contribution >= 4 is 5.91 Å². The van der Waals surface area contributed by atoms with Gasteiger partial charge >= 0.3 is 0 Å². The van der Waals surface area contributed by atoms with E-state index in [0.717, 1.165) is 13.1 Å². The molecule has 2 fully saturated rings. The Labute approximate surface area is 123 Å². The van der Waals surface area contributed by atoms with Crippen molar-refractivity contribution in [2.24, 2.45) is 11.8 Å². The van der Waals surface area contributed by atoms with Crippen LogP contribution < -0.4 is 5.32 Å². The number of likely N-dealkylation sites (N-methyl/N-ethyl adjacent to an activating group) is 1. The molecule has 0 radical (unpaired) electrons. The molecule has 3 unspecified atom stereocenters. The van der Waals surface area contributed by atoms with Crippen LogP contribution in [0.4, 0.5) is 0 Å². The Morgan fingerprint density at radius 1 is 1.25 bits per heavy atom. The van der Waals surface area contributed by atoms with Crippen molar-refractivity contribution in [1.82, 2.24) is 15.1 Å². The number of hydrogen-bond donors (Lipinski definition) is 1. The number of amides is 1. The van der Waals surface area contributed by atoms with Crippen molar-refractivity contribution in [3.05, 3.63) is 0 Å². The summed E-state index contributed by atoms with van der Waals surface area (Å²) in [4.78, 5) is 17.3. The lowest BCUT2D eigenvalue weighted by Crippen LogP contribution is -2.47. The van der Waals surface area contributed by atoms with E-state index in [2.05, 4.69) is 49.7 Å². The first kappa shape index (κ1) is 15.8. The highest BCUT2D eigenvalue weighted by Gasteiger charge is 2.43. The van der Waals surface area contributed by atoms with Gasteiger partial charge in [0.25, 0.3) is 0 Å². The zero-order valence-electron chi connectivity index (χ0n) is 13.7.